The number of fused-ring (bicyclic) bond motifs is 1. The second-order valence-corrected chi connectivity index (χ2v) is 7.55. The number of hydrogen-bond acceptors (Lipinski definition) is 6. The van der Waals surface area contributed by atoms with Crippen molar-refractivity contribution in [3.63, 3.8) is 0 Å². The maximum Gasteiger partial charge on any atom is 0.305 e. The van der Waals surface area contributed by atoms with Gasteiger partial charge in [0, 0.05) is 37.6 Å². The van der Waals surface area contributed by atoms with Crippen LogP contribution in [0.5, 0.6) is 5.75 Å². The van der Waals surface area contributed by atoms with Crippen molar-refractivity contribution in [1.29, 1.82) is 0 Å². The number of aromatic hydroxyl groups is 1. The van der Waals surface area contributed by atoms with Gasteiger partial charge in [-0.05, 0) is 37.1 Å². The molecule has 1 atom stereocenters. The lowest BCUT2D eigenvalue weighted by molar-refractivity contribution is -0.144. The van der Waals surface area contributed by atoms with Crippen LogP contribution in [0.15, 0.2) is 30.5 Å². The van der Waals surface area contributed by atoms with E-state index in [0.29, 0.717) is 18.7 Å². The highest BCUT2D eigenvalue weighted by Crippen LogP contribution is 2.29. The molecule has 0 amide bonds. The van der Waals surface area contributed by atoms with E-state index in [1.54, 1.807) is 24.4 Å². The molecule has 0 aliphatic heterocycles. The van der Waals surface area contributed by atoms with Gasteiger partial charge in [0.1, 0.15) is 11.3 Å². The molecule has 0 radical (unpaired) electrons. The summed E-state index contributed by atoms with van der Waals surface area (Å²) in [6.07, 6.45) is 3.84. The average molecular weight is 439 g/mol. The summed E-state index contributed by atoms with van der Waals surface area (Å²) in [6.45, 7) is 2.94. The minimum atomic E-state index is -3.24. The Morgan fingerprint density at radius 3 is 2.74 bits per heavy atom. The number of carbonyl (C=O) groups excluding carboxylic acids is 1. The number of rotatable bonds is 15. The maximum absolute atomic E-state index is 13.1. The van der Waals surface area contributed by atoms with E-state index in [1.165, 1.54) is 6.92 Å². The average Bonchev–Trinajstić information content (AvgIpc) is 2.77. The van der Waals surface area contributed by atoms with Gasteiger partial charge >= 0.3 is 5.92 Å². The minimum absolute atomic E-state index is 0.0370. The smallest absolute Gasteiger partial charge is 0.305 e. The van der Waals surface area contributed by atoms with E-state index in [1.807, 2.05) is 6.07 Å². The zero-order chi connectivity index (χ0) is 22.7. The number of carbonyl (C=O) groups is 1. The van der Waals surface area contributed by atoms with Crippen LogP contribution in [0, 0.1) is 0 Å². The number of pyridine rings is 1. The molecule has 0 saturated heterocycles. The lowest BCUT2D eigenvalue weighted by atomic mass is 10.0. The molecule has 6 nitrogen and oxygen atoms in total. The molecule has 0 saturated carbocycles. The Bertz CT molecular complexity index is 832. The van der Waals surface area contributed by atoms with Crippen LogP contribution in [0.2, 0.25) is 0 Å². The van der Waals surface area contributed by atoms with Crippen molar-refractivity contribution in [3.8, 4) is 5.75 Å². The number of benzene rings is 1. The number of halogens is 2. The maximum atomic E-state index is 13.1. The molecule has 1 aromatic carbocycles. The summed E-state index contributed by atoms with van der Waals surface area (Å²) in [7, 11) is 0. The zero-order valence-corrected chi connectivity index (χ0v) is 17.9. The molecular weight excluding hydrogens is 406 g/mol. The van der Waals surface area contributed by atoms with Gasteiger partial charge in [-0.2, -0.15) is 8.78 Å². The summed E-state index contributed by atoms with van der Waals surface area (Å²) in [5.74, 6) is -4.20. The van der Waals surface area contributed by atoms with Crippen LogP contribution in [0.25, 0.3) is 10.9 Å². The molecule has 1 aromatic heterocycles. The highest BCUT2D eigenvalue weighted by molar-refractivity contribution is 5.87. The van der Waals surface area contributed by atoms with Gasteiger partial charge in [-0.3, -0.25) is 9.78 Å². The summed E-state index contributed by atoms with van der Waals surface area (Å²) >= 11 is 0. The molecule has 1 heterocycles. The molecule has 0 fully saturated rings. The highest BCUT2D eigenvalue weighted by Gasteiger charge is 2.35. The summed E-state index contributed by atoms with van der Waals surface area (Å²) < 4.78 is 31.5. The summed E-state index contributed by atoms with van der Waals surface area (Å²) in [4.78, 5) is 15.4. The van der Waals surface area contributed by atoms with Gasteiger partial charge in [0.15, 0.2) is 0 Å². The van der Waals surface area contributed by atoms with Gasteiger partial charge in [0.25, 0.3) is 0 Å². The van der Waals surface area contributed by atoms with Crippen molar-refractivity contribution >= 4 is 16.7 Å². The number of aliphatic hydroxyl groups is 1. The molecule has 2 rings (SSSR count). The van der Waals surface area contributed by atoms with Gasteiger partial charge in [0.05, 0.1) is 12.7 Å². The van der Waals surface area contributed by atoms with Crippen LogP contribution < -0.4 is 5.32 Å². The Hall–Kier alpha value is -2.16. The van der Waals surface area contributed by atoms with Crippen molar-refractivity contribution < 1.29 is 28.5 Å². The van der Waals surface area contributed by atoms with Gasteiger partial charge in [-0.1, -0.05) is 31.9 Å². The highest BCUT2D eigenvalue weighted by atomic mass is 19.3. The van der Waals surface area contributed by atoms with Crippen molar-refractivity contribution in [2.24, 2.45) is 0 Å². The topological polar surface area (TPSA) is 91.7 Å². The van der Waals surface area contributed by atoms with E-state index in [0.717, 1.165) is 43.2 Å². The Labute approximate surface area is 181 Å². The first-order chi connectivity index (χ1) is 14.9. The molecule has 0 aliphatic carbocycles. The van der Waals surface area contributed by atoms with Crippen LogP contribution in [-0.4, -0.2) is 53.2 Å². The second-order valence-electron chi connectivity index (χ2n) is 7.55. The first-order valence-corrected chi connectivity index (χ1v) is 10.8. The van der Waals surface area contributed by atoms with E-state index in [4.69, 9.17) is 4.74 Å². The third-order valence-electron chi connectivity index (χ3n) is 5.20. The van der Waals surface area contributed by atoms with Crippen molar-refractivity contribution in [2.75, 3.05) is 26.3 Å². The summed E-state index contributed by atoms with van der Waals surface area (Å²) in [5, 5.41) is 24.3. The van der Waals surface area contributed by atoms with E-state index in [-0.39, 0.29) is 18.8 Å². The number of phenolic OH excluding ortho intramolecular Hbond substituents is 1. The number of hydrogen-bond donors (Lipinski definition) is 3. The van der Waals surface area contributed by atoms with Crippen LogP contribution in [0.3, 0.4) is 0 Å². The molecular formula is C23H32F2N2O4. The molecule has 2 aromatic rings. The number of Topliss-reactive ketones (excluding diaryl/α,β-unsaturated/α-hetero) is 1. The first-order valence-electron chi connectivity index (χ1n) is 10.8. The van der Waals surface area contributed by atoms with E-state index in [9.17, 15) is 23.8 Å². The number of ether oxygens (including phenoxy) is 1. The summed E-state index contributed by atoms with van der Waals surface area (Å²) in [6, 6.07) is 6.85. The lowest BCUT2D eigenvalue weighted by Gasteiger charge is -2.15. The molecule has 0 spiro atoms. The fourth-order valence-corrected chi connectivity index (χ4v) is 3.27. The van der Waals surface area contributed by atoms with Crippen LogP contribution in [-0.2, 0) is 9.53 Å². The van der Waals surface area contributed by atoms with Gasteiger partial charge in [-0.25, -0.2) is 0 Å². The van der Waals surface area contributed by atoms with Crippen molar-refractivity contribution in [1.82, 2.24) is 10.3 Å². The third kappa shape index (κ3) is 7.79. The standard InChI is InChI=1S/C23H32F2N2O4/c1-2-23(24,25)21(30)11-15-31-14-6-4-3-5-12-26-16-20(29)17-9-10-19(28)22-18(17)8-7-13-27-22/h7-10,13,20,26,28-29H,2-6,11-12,14-16H2,1H3. The normalized spacial score (nSPS) is 12.9. The molecule has 0 aliphatic rings. The number of aliphatic hydroxyl groups excluding tert-OH is 1. The number of aromatic nitrogens is 1. The van der Waals surface area contributed by atoms with Gasteiger partial charge in [-0.15, -0.1) is 0 Å². The number of ketones is 1. The third-order valence-corrected chi connectivity index (χ3v) is 5.20. The molecule has 0 bridgehead atoms. The number of nitrogens with zero attached hydrogens (tertiary/aromatic N) is 1. The van der Waals surface area contributed by atoms with E-state index < -0.39 is 24.2 Å². The predicted octanol–water partition coefficient (Wildman–Crippen LogP) is 4.14. The van der Waals surface area contributed by atoms with Crippen LogP contribution in [0.4, 0.5) is 8.78 Å². The predicted molar refractivity (Wildman–Crippen MR) is 115 cm³/mol. The Morgan fingerprint density at radius 2 is 1.97 bits per heavy atom. The van der Waals surface area contributed by atoms with Gasteiger partial charge in [0.2, 0.25) is 5.78 Å². The quantitative estimate of drug-likeness (QED) is 0.362. The van der Waals surface area contributed by atoms with Gasteiger partial charge < -0.3 is 20.3 Å². The number of unbranched alkanes of at least 4 members (excludes halogenated alkanes) is 3. The van der Waals surface area contributed by atoms with Crippen LogP contribution in [0.1, 0.15) is 57.1 Å². The Kier molecular flexibility index (Phi) is 10.2. The fourth-order valence-electron chi connectivity index (χ4n) is 3.27. The Balaban J connectivity index is 1.54. The monoisotopic (exact) mass is 438 g/mol. The molecule has 172 valence electrons. The van der Waals surface area contributed by atoms with Crippen molar-refractivity contribution in [3.05, 3.63) is 36.0 Å². The first kappa shape index (κ1) is 25.1. The molecule has 3 N–H and O–H groups in total. The number of nitrogens with one attached hydrogen (secondary N) is 1. The fraction of sp³-hybridized carbons (Fsp3) is 0.565. The number of alkyl halides is 2. The zero-order valence-electron chi connectivity index (χ0n) is 17.9. The second kappa shape index (κ2) is 12.6. The minimum Gasteiger partial charge on any atom is -0.506 e. The van der Waals surface area contributed by atoms with E-state index >= 15 is 0 Å². The van der Waals surface area contributed by atoms with Crippen molar-refractivity contribution in [2.45, 2.75) is 57.5 Å². The Morgan fingerprint density at radius 1 is 1.19 bits per heavy atom. The molecule has 8 heteroatoms. The lowest BCUT2D eigenvalue weighted by Crippen LogP contribution is -2.28. The molecule has 1 unspecified atom stereocenters. The SMILES string of the molecule is CCC(F)(F)C(=O)CCOCCCCCCNCC(O)c1ccc(O)c2ncccc12. The van der Waals surface area contributed by atoms with Crippen LogP contribution >= 0.6 is 0 Å². The largest absolute Gasteiger partial charge is 0.506 e. The number of phenols is 1. The van der Waals surface area contributed by atoms with E-state index in [2.05, 4.69) is 10.3 Å². The molecule has 31 heavy (non-hydrogen) atoms. The summed E-state index contributed by atoms with van der Waals surface area (Å²) in [5.41, 5.74) is 1.20.